The van der Waals surface area contributed by atoms with Gasteiger partial charge in [0.2, 0.25) is 0 Å². The van der Waals surface area contributed by atoms with Crippen LogP contribution in [0.15, 0.2) is 18.3 Å². The van der Waals surface area contributed by atoms with E-state index in [0.29, 0.717) is 10.2 Å². The van der Waals surface area contributed by atoms with Crippen molar-refractivity contribution in [2.75, 3.05) is 6.54 Å². The lowest BCUT2D eigenvalue weighted by Gasteiger charge is -2.04. The minimum absolute atomic E-state index is 0.0899. The number of aromatic nitrogens is 1. The predicted octanol–water partition coefficient (Wildman–Crippen LogP) is 2.66. The molecule has 0 aliphatic heterocycles. The molecule has 1 amide bonds. The van der Waals surface area contributed by atoms with Crippen molar-refractivity contribution in [2.24, 2.45) is 0 Å². The lowest BCUT2D eigenvalue weighted by Crippen LogP contribution is -2.24. The minimum atomic E-state index is -0.0899. The van der Waals surface area contributed by atoms with Crippen LogP contribution >= 0.6 is 12.2 Å². The standard InChI is InChI=1S/C11H16N2OS/c1-2-3-4-7-12-10(14)9-6-5-8-13-11(9)15/h5-6,8H,2-4,7H2,1H3,(H,12,14)(H,13,15). The van der Waals surface area contributed by atoms with Gasteiger partial charge >= 0.3 is 0 Å². The van der Waals surface area contributed by atoms with Gasteiger partial charge in [-0.3, -0.25) is 4.79 Å². The highest BCUT2D eigenvalue weighted by molar-refractivity contribution is 7.71. The maximum atomic E-state index is 11.6. The van der Waals surface area contributed by atoms with E-state index in [4.69, 9.17) is 12.2 Å². The van der Waals surface area contributed by atoms with Gasteiger partial charge in [-0.15, -0.1) is 0 Å². The zero-order valence-corrected chi connectivity index (χ0v) is 9.69. The van der Waals surface area contributed by atoms with Gasteiger partial charge in [-0.05, 0) is 18.6 Å². The normalized spacial score (nSPS) is 9.93. The van der Waals surface area contributed by atoms with Gasteiger partial charge in [-0.1, -0.05) is 32.0 Å². The predicted molar refractivity (Wildman–Crippen MR) is 63.5 cm³/mol. The highest BCUT2D eigenvalue weighted by Crippen LogP contribution is 1.99. The fraction of sp³-hybridized carbons (Fsp3) is 0.455. The van der Waals surface area contributed by atoms with E-state index < -0.39 is 0 Å². The van der Waals surface area contributed by atoms with Gasteiger partial charge in [0.15, 0.2) is 0 Å². The van der Waals surface area contributed by atoms with E-state index >= 15 is 0 Å². The molecule has 0 atom stereocenters. The Labute approximate surface area is 94.9 Å². The first-order chi connectivity index (χ1) is 7.25. The van der Waals surface area contributed by atoms with E-state index in [2.05, 4.69) is 17.2 Å². The maximum absolute atomic E-state index is 11.6. The number of carbonyl (C=O) groups excluding carboxylic acids is 1. The van der Waals surface area contributed by atoms with Gasteiger partial charge in [-0.2, -0.15) is 0 Å². The quantitative estimate of drug-likeness (QED) is 0.596. The van der Waals surface area contributed by atoms with Crippen molar-refractivity contribution < 1.29 is 4.79 Å². The number of pyridine rings is 1. The molecule has 15 heavy (non-hydrogen) atoms. The number of carbonyl (C=O) groups is 1. The monoisotopic (exact) mass is 224 g/mol. The number of aromatic amines is 1. The summed E-state index contributed by atoms with van der Waals surface area (Å²) in [5.41, 5.74) is 0.545. The zero-order chi connectivity index (χ0) is 11.1. The van der Waals surface area contributed by atoms with E-state index in [-0.39, 0.29) is 5.91 Å². The Bertz CT molecular complexity index is 373. The smallest absolute Gasteiger partial charge is 0.254 e. The molecule has 2 N–H and O–H groups in total. The summed E-state index contributed by atoms with van der Waals surface area (Å²) < 4.78 is 0.491. The molecule has 1 rings (SSSR count). The Kier molecular flexibility index (Phi) is 5.04. The molecular formula is C11H16N2OS. The molecule has 1 aromatic heterocycles. The molecule has 0 aliphatic carbocycles. The second-order valence-electron chi connectivity index (χ2n) is 3.38. The summed E-state index contributed by atoms with van der Waals surface area (Å²) in [6.45, 7) is 2.85. The molecule has 82 valence electrons. The van der Waals surface area contributed by atoms with Crippen LogP contribution in [0, 0.1) is 4.64 Å². The molecule has 0 bridgehead atoms. The molecule has 0 fully saturated rings. The average molecular weight is 224 g/mol. The van der Waals surface area contributed by atoms with Gasteiger partial charge in [0.1, 0.15) is 4.64 Å². The molecule has 0 unspecified atom stereocenters. The summed E-state index contributed by atoms with van der Waals surface area (Å²) in [6.07, 6.45) is 5.03. The molecule has 1 heterocycles. The van der Waals surface area contributed by atoms with Crippen molar-refractivity contribution in [3.63, 3.8) is 0 Å². The summed E-state index contributed by atoms with van der Waals surface area (Å²) in [5, 5.41) is 2.85. The van der Waals surface area contributed by atoms with Gasteiger partial charge in [-0.25, -0.2) is 0 Å². The highest BCUT2D eigenvalue weighted by atomic mass is 32.1. The topological polar surface area (TPSA) is 44.9 Å². The summed E-state index contributed by atoms with van der Waals surface area (Å²) in [4.78, 5) is 14.5. The fourth-order valence-electron chi connectivity index (χ4n) is 1.27. The number of nitrogens with one attached hydrogen (secondary N) is 2. The molecule has 0 spiro atoms. The van der Waals surface area contributed by atoms with E-state index in [9.17, 15) is 4.79 Å². The van der Waals surface area contributed by atoms with Gasteiger partial charge < -0.3 is 10.3 Å². The molecule has 0 radical (unpaired) electrons. The van der Waals surface area contributed by atoms with Crippen LogP contribution in [0.2, 0.25) is 0 Å². The van der Waals surface area contributed by atoms with Gasteiger partial charge in [0.05, 0.1) is 5.56 Å². The van der Waals surface area contributed by atoms with Crippen molar-refractivity contribution >= 4 is 18.1 Å². The van der Waals surface area contributed by atoms with Gasteiger partial charge in [0.25, 0.3) is 5.91 Å². The van der Waals surface area contributed by atoms with Crippen molar-refractivity contribution in [1.29, 1.82) is 0 Å². The van der Waals surface area contributed by atoms with E-state index in [1.54, 1.807) is 18.3 Å². The summed E-state index contributed by atoms with van der Waals surface area (Å²) >= 11 is 5.01. The van der Waals surface area contributed by atoms with Crippen LogP contribution in [0.5, 0.6) is 0 Å². The lowest BCUT2D eigenvalue weighted by atomic mass is 10.2. The fourth-order valence-corrected chi connectivity index (χ4v) is 1.50. The molecule has 0 aromatic carbocycles. The largest absolute Gasteiger partial charge is 0.352 e. The van der Waals surface area contributed by atoms with Crippen LogP contribution in [0.25, 0.3) is 0 Å². The Balaban J connectivity index is 2.48. The Morgan fingerprint density at radius 2 is 2.33 bits per heavy atom. The Morgan fingerprint density at radius 3 is 3.00 bits per heavy atom. The SMILES string of the molecule is CCCCCNC(=O)c1ccc[nH]c1=S. The number of unbranched alkanes of at least 4 members (excludes halogenated alkanes) is 2. The minimum Gasteiger partial charge on any atom is -0.352 e. The van der Waals surface area contributed by atoms with Crippen molar-refractivity contribution in [2.45, 2.75) is 26.2 Å². The molecule has 0 saturated carbocycles. The number of rotatable bonds is 5. The number of H-pyrrole nitrogens is 1. The van der Waals surface area contributed by atoms with Gasteiger partial charge in [0, 0.05) is 12.7 Å². The third-order valence-electron chi connectivity index (χ3n) is 2.13. The number of amides is 1. The van der Waals surface area contributed by atoms with Crippen LogP contribution in [0.4, 0.5) is 0 Å². The summed E-state index contributed by atoms with van der Waals surface area (Å²) in [7, 11) is 0. The average Bonchev–Trinajstić information content (AvgIpc) is 2.25. The first-order valence-electron chi connectivity index (χ1n) is 5.21. The van der Waals surface area contributed by atoms with Crippen molar-refractivity contribution in [1.82, 2.24) is 10.3 Å². The second-order valence-corrected chi connectivity index (χ2v) is 3.78. The molecule has 3 nitrogen and oxygen atoms in total. The Hall–Kier alpha value is -1.16. The highest BCUT2D eigenvalue weighted by Gasteiger charge is 2.05. The third-order valence-corrected chi connectivity index (χ3v) is 2.47. The first kappa shape index (κ1) is 11.9. The zero-order valence-electron chi connectivity index (χ0n) is 8.88. The first-order valence-corrected chi connectivity index (χ1v) is 5.62. The third kappa shape index (κ3) is 3.83. The van der Waals surface area contributed by atoms with Crippen LogP contribution < -0.4 is 5.32 Å². The van der Waals surface area contributed by atoms with E-state index in [1.807, 2.05) is 0 Å². The lowest BCUT2D eigenvalue weighted by molar-refractivity contribution is 0.0952. The Morgan fingerprint density at radius 1 is 1.53 bits per heavy atom. The number of hydrogen-bond donors (Lipinski definition) is 2. The van der Waals surface area contributed by atoms with Crippen molar-refractivity contribution in [3.05, 3.63) is 28.5 Å². The second kappa shape index (κ2) is 6.35. The molecule has 0 aliphatic rings. The van der Waals surface area contributed by atoms with Crippen molar-refractivity contribution in [3.8, 4) is 0 Å². The molecular weight excluding hydrogens is 208 g/mol. The molecule has 4 heteroatoms. The van der Waals surface area contributed by atoms with E-state index in [0.717, 1.165) is 25.8 Å². The van der Waals surface area contributed by atoms with Crippen LogP contribution in [0.3, 0.4) is 0 Å². The van der Waals surface area contributed by atoms with Crippen LogP contribution in [0.1, 0.15) is 36.5 Å². The van der Waals surface area contributed by atoms with E-state index in [1.165, 1.54) is 0 Å². The van der Waals surface area contributed by atoms with Crippen LogP contribution in [-0.2, 0) is 0 Å². The summed E-state index contributed by atoms with van der Waals surface area (Å²) in [5.74, 6) is -0.0899. The maximum Gasteiger partial charge on any atom is 0.254 e. The number of hydrogen-bond acceptors (Lipinski definition) is 2. The summed E-state index contributed by atoms with van der Waals surface area (Å²) in [6, 6.07) is 3.50. The molecule has 0 saturated heterocycles. The van der Waals surface area contributed by atoms with Crippen LogP contribution in [-0.4, -0.2) is 17.4 Å². The molecule has 1 aromatic rings.